The molecule has 7 heteroatoms. The van der Waals surface area contributed by atoms with Crippen LogP contribution in [0.4, 0.5) is 0 Å². The summed E-state index contributed by atoms with van der Waals surface area (Å²) in [7, 11) is 0. The predicted octanol–water partition coefficient (Wildman–Crippen LogP) is -1.48. The van der Waals surface area contributed by atoms with Crippen LogP contribution in [0.5, 0.6) is 0 Å². The number of hydrogen-bond donors (Lipinski definition) is 0. The van der Waals surface area contributed by atoms with Gasteiger partial charge in [-0.3, -0.25) is 0 Å². The van der Waals surface area contributed by atoms with Gasteiger partial charge in [0.2, 0.25) is 0 Å². The first kappa shape index (κ1) is 88.4. The summed E-state index contributed by atoms with van der Waals surface area (Å²) in [6.07, 6.45) is 0. The van der Waals surface area contributed by atoms with E-state index >= 15 is 0 Å². The van der Waals surface area contributed by atoms with E-state index in [0.29, 0.717) is 0 Å². The fourth-order valence-corrected chi connectivity index (χ4v) is 0. The van der Waals surface area contributed by atoms with Crippen LogP contribution >= 0.6 is 0 Å². The van der Waals surface area contributed by atoms with Crippen LogP contribution in [0.15, 0.2) is 0 Å². The van der Waals surface area contributed by atoms with E-state index in [1.54, 1.807) is 0 Å². The van der Waals surface area contributed by atoms with E-state index in [-0.39, 0.29) is 51.2 Å². The summed E-state index contributed by atoms with van der Waals surface area (Å²) in [5, 5.41) is 0. The Bertz CT molecular complexity index is 14.9. The molecule has 0 N–H and O–H groups in total. The average Bonchev–Trinajstić information content (AvgIpc) is 1.00. The van der Waals surface area contributed by atoms with Gasteiger partial charge in [0.1, 0.15) is 0 Å². The molecule has 0 aromatic heterocycles. The SMILES string of the molecule is [Al+3].[Al+3].[N]#[Al].[O-2].[O-2].[O-2]. The van der Waals surface area contributed by atoms with Gasteiger partial charge < -0.3 is 16.4 Å². The smallest absolute Gasteiger partial charge is 2.00 e. The van der Waals surface area contributed by atoms with Crippen molar-refractivity contribution in [1.82, 2.24) is 0 Å². The molecule has 0 saturated carbocycles. The third-order valence-corrected chi connectivity index (χ3v) is 0. The Hall–Kier alpha value is 1.19. The average molecular weight is 143 g/mol. The minimum absolute atomic E-state index is 0. The molecule has 0 saturated heterocycles. The van der Waals surface area contributed by atoms with Gasteiger partial charge in [0.05, 0.1) is 0 Å². The number of hydrogen-bond acceptors (Lipinski definition) is 1. The molecular weight excluding hydrogens is 143 g/mol. The van der Waals surface area contributed by atoms with Crippen molar-refractivity contribution < 1.29 is 16.4 Å². The van der Waals surface area contributed by atoms with Crippen molar-refractivity contribution in [1.29, 1.82) is 4.17 Å². The molecule has 32 valence electrons. The van der Waals surface area contributed by atoms with Crippen LogP contribution in [0.25, 0.3) is 0 Å². The minimum atomic E-state index is 0. The first-order valence-corrected chi connectivity index (χ1v) is 0.775. The van der Waals surface area contributed by atoms with Crippen LogP contribution in [0.3, 0.4) is 0 Å². The molecule has 7 heavy (non-hydrogen) atoms. The molecule has 0 spiro atoms. The molecule has 0 aliphatic carbocycles. The van der Waals surface area contributed by atoms with Gasteiger partial charge in [0.25, 0.3) is 0 Å². The Morgan fingerprint density at radius 3 is 0.714 bits per heavy atom. The maximum Gasteiger partial charge on any atom is -2.00 e. The quantitative estimate of drug-likeness (QED) is 0.378. The normalized spacial score (nSPS) is 0.714. The van der Waals surface area contributed by atoms with Crippen LogP contribution in [-0.2, 0) is 16.4 Å². The molecule has 0 bridgehead atoms. The zero-order valence-corrected chi connectivity index (χ0v) is 6.87. The maximum atomic E-state index is 6.92. The van der Waals surface area contributed by atoms with Crippen LogP contribution in [-0.4, -0.2) is 50.6 Å². The summed E-state index contributed by atoms with van der Waals surface area (Å²) in [6, 6.07) is 0. The van der Waals surface area contributed by atoms with Gasteiger partial charge >= 0.3 is 54.8 Å². The van der Waals surface area contributed by atoms with E-state index < -0.39 is 0 Å². The molecule has 0 radical (unpaired) electrons. The van der Waals surface area contributed by atoms with E-state index in [1.165, 1.54) is 15.9 Å². The van der Waals surface area contributed by atoms with Crippen molar-refractivity contribution in [2.75, 3.05) is 0 Å². The summed E-state index contributed by atoms with van der Waals surface area (Å²) in [5.74, 6) is 0. The Balaban J connectivity index is -0.000000000500. The summed E-state index contributed by atoms with van der Waals surface area (Å²) < 4.78 is 6.92. The van der Waals surface area contributed by atoms with Crippen molar-refractivity contribution in [3.63, 3.8) is 0 Å². The number of rotatable bonds is 0. The third-order valence-electron chi connectivity index (χ3n) is 0. The fraction of sp³-hybridized carbons (Fsp3) is 0. The van der Waals surface area contributed by atoms with Crippen molar-refractivity contribution in [2.45, 2.75) is 0 Å². The van der Waals surface area contributed by atoms with Gasteiger partial charge in [0, 0.05) is 0 Å². The minimum Gasteiger partial charge on any atom is -2.00 e. The van der Waals surface area contributed by atoms with E-state index in [0.717, 1.165) is 0 Å². The molecule has 0 aliphatic heterocycles. The first-order chi connectivity index (χ1) is 1.00. The van der Waals surface area contributed by atoms with Crippen molar-refractivity contribution in [3.8, 4) is 0 Å². The molecule has 0 atom stereocenters. The Morgan fingerprint density at radius 2 is 0.714 bits per heavy atom. The second-order valence-electron chi connectivity index (χ2n) is 0. The molecule has 0 amide bonds. The molecule has 0 unspecified atom stereocenters. The van der Waals surface area contributed by atoms with Gasteiger partial charge in [-0.2, -0.15) is 0 Å². The second-order valence-corrected chi connectivity index (χ2v) is 0. The van der Waals surface area contributed by atoms with Crippen LogP contribution in [0, 0.1) is 4.17 Å². The largest absolute Gasteiger partial charge is 2.00 e. The Labute approximate surface area is 71.1 Å². The van der Waals surface area contributed by atoms with Gasteiger partial charge in [-0.15, -0.1) is 0 Å². The second kappa shape index (κ2) is 195. The molecule has 0 aliphatic rings. The van der Waals surface area contributed by atoms with E-state index in [1.807, 2.05) is 0 Å². The van der Waals surface area contributed by atoms with Gasteiger partial charge in [-0.1, -0.05) is 0 Å². The van der Waals surface area contributed by atoms with Crippen molar-refractivity contribution >= 4 is 50.6 Å². The Morgan fingerprint density at radius 1 is 0.714 bits per heavy atom. The fourth-order valence-electron chi connectivity index (χ4n) is 0. The predicted molar refractivity (Wildman–Crippen MR) is 21.0 cm³/mol. The zero-order chi connectivity index (χ0) is 2.00. The maximum absolute atomic E-state index is 6.92. The standard InChI is InChI=1S/3Al.N.3O/q;2*+3;;3*-2. The summed E-state index contributed by atoms with van der Waals surface area (Å²) in [5.41, 5.74) is 0. The molecular formula is Al3NO3. The summed E-state index contributed by atoms with van der Waals surface area (Å²) >= 11 is 1.42. The molecule has 0 rings (SSSR count). The van der Waals surface area contributed by atoms with Crippen molar-refractivity contribution in [3.05, 3.63) is 0 Å². The summed E-state index contributed by atoms with van der Waals surface area (Å²) in [4.78, 5) is 0. The van der Waals surface area contributed by atoms with Crippen LogP contribution in [0.2, 0.25) is 0 Å². The topological polar surface area (TPSA) is 109 Å². The van der Waals surface area contributed by atoms with E-state index in [9.17, 15) is 0 Å². The molecule has 0 aromatic carbocycles. The van der Waals surface area contributed by atoms with E-state index in [4.69, 9.17) is 4.17 Å². The zero-order valence-electron chi connectivity index (χ0n) is 3.40. The number of nitrogens with zero attached hydrogens (tertiary/aromatic N) is 1. The van der Waals surface area contributed by atoms with Crippen molar-refractivity contribution in [2.24, 2.45) is 0 Å². The summed E-state index contributed by atoms with van der Waals surface area (Å²) in [6.45, 7) is 0. The Kier molecular flexibility index (Phi) is 2460. The van der Waals surface area contributed by atoms with Gasteiger partial charge in [0.15, 0.2) is 0 Å². The molecule has 0 aromatic rings. The van der Waals surface area contributed by atoms with Crippen LogP contribution in [0.1, 0.15) is 0 Å². The monoisotopic (exact) mass is 143 g/mol. The first-order valence-electron chi connectivity index (χ1n) is 0.258. The third kappa shape index (κ3) is 137. The van der Waals surface area contributed by atoms with E-state index in [2.05, 4.69) is 0 Å². The molecule has 4 nitrogen and oxygen atoms in total. The van der Waals surface area contributed by atoms with Gasteiger partial charge in [-0.05, 0) is 0 Å². The molecule has 0 heterocycles. The van der Waals surface area contributed by atoms with Gasteiger partial charge in [-0.25, -0.2) is 0 Å². The van der Waals surface area contributed by atoms with Crippen LogP contribution < -0.4 is 0 Å². The molecule has 0 fully saturated rings.